The van der Waals surface area contributed by atoms with E-state index in [1.54, 1.807) is 0 Å². The Kier molecular flexibility index (Phi) is 3.30. The Hall–Kier alpha value is -0.330. The molecule has 1 rings (SSSR count). The first-order valence-corrected chi connectivity index (χ1v) is 5.09. The Morgan fingerprint density at radius 1 is 1.33 bits per heavy atom. The van der Waals surface area contributed by atoms with Crippen molar-refractivity contribution in [3.05, 3.63) is 32.7 Å². The normalized spacial score (nSPS) is 12.2. The van der Waals surface area contributed by atoms with Gasteiger partial charge in [-0.05, 0) is 24.6 Å². The Morgan fingerprint density at radius 2 is 1.83 bits per heavy atom. The lowest BCUT2D eigenvalue weighted by Gasteiger charge is -2.07. The standard InChI is InChI=1S/C9H7Br2N/c1-6(5-12)9-7(10)3-2-4-8(9)11/h2-4,6H,1H3/t6-/m0/s1. The maximum Gasteiger partial charge on any atom is 0.0706 e. The number of nitriles is 1. The van der Waals surface area contributed by atoms with Crippen LogP contribution in [0.3, 0.4) is 0 Å². The van der Waals surface area contributed by atoms with Crippen LogP contribution in [0, 0.1) is 11.3 Å². The molecule has 1 aromatic carbocycles. The summed E-state index contributed by atoms with van der Waals surface area (Å²) in [5.74, 6) is -0.0880. The van der Waals surface area contributed by atoms with E-state index in [-0.39, 0.29) is 5.92 Å². The van der Waals surface area contributed by atoms with Crippen molar-refractivity contribution in [3.63, 3.8) is 0 Å². The molecular weight excluding hydrogens is 282 g/mol. The van der Waals surface area contributed by atoms with Gasteiger partial charge in [-0.15, -0.1) is 0 Å². The SMILES string of the molecule is C[C@@H](C#N)c1c(Br)cccc1Br. The molecule has 0 saturated carbocycles. The lowest BCUT2D eigenvalue weighted by molar-refractivity contribution is 0.966. The Labute approximate surface area is 88.7 Å². The third-order valence-electron chi connectivity index (χ3n) is 1.63. The van der Waals surface area contributed by atoms with Gasteiger partial charge in [0.15, 0.2) is 0 Å². The van der Waals surface area contributed by atoms with Crippen LogP contribution in [0.4, 0.5) is 0 Å². The molecule has 12 heavy (non-hydrogen) atoms. The van der Waals surface area contributed by atoms with Gasteiger partial charge < -0.3 is 0 Å². The average Bonchev–Trinajstić information content (AvgIpc) is 2.03. The lowest BCUT2D eigenvalue weighted by Crippen LogP contribution is -1.92. The van der Waals surface area contributed by atoms with Gasteiger partial charge in [-0.3, -0.25) is 0 Å². The molecule has 0 aliphatic carbocycles. The van der Waals surface area contributed by atoms with E-state index < -0.39 is 0 Å². The minimum atomic E-state index is -0.0880. The van der Waals surface area contributed by atoms with Crippen LogP contribution >= 0.6 is 31.9 Å². The number of hydrogen-bond donors (Lipinski definition) is 0. The predicted octanol–water partition coefficient (Wildman–Crippen LogP) is 3.84. The van der Waals surface area contributed by atoms with E-state index in [1.807, 2.05) is 25.1 Å². The molecule has 0 N–H and O–H groups in total. The van der Waals surface area contributed by atoms with Crippen molar-refractivity contribution >= 4 is 31.9 Å². The Morgan fingerprint density at radius 3 is 2.25 bits per heavy atom. The largest absolute Gasteiger partial charge is 0.198 e. The highest BCUT2D eigenvalue weighted by atomic mass is 79.9. The summed E-state index contributed by atoms with van der Waals surface area (Å²) >= 11 is 6.81. The number of benzene rings is 1. The van der Waals surface area contributed by atoms with Crippen LogP contribution in [0.25, 0.3) is 0 Å². The van der Waals surface area contributed by atoms with Gasteiger partial charge >= 0.3 is 0 Å². The zero-order valence-electron chi connectivity index (χ0n) is 6.51. The molecule has 0 aliphatic heterocycles. The first-order valence-electron chi connectivity index (χ1n) is 3.50. The van der Waals surface area contributed by atoms with Gasteiger partial charge in [0.25, 0.3) is 0 Å². The molecule has 0 saturated heterocycles. The first kappa shape index (κ1) is 9.76. The summed E-state index contributed by atoms with van der Waals surface area (Å²) in [6.45, 7) is 1.88. The number of hydrogen-bond acceptors (Lipinski definition) is 1. The summed E-state index contributed by atoms with van der Waals surface area (Å²) in [6, 6.07) is 8.01. The van der Waals surface area contributed by atoms with Crippen LogP contribution in [0.2, 0.25) is 0 Å². The van der Waals surface area contributed by atoms with Gasteiger partial charge in [-0.1, -0.05) is 37.9 Å². The molecule has 0 radical (unpaired) electrons. The quantitative estimate of drug-likeness (QED) is 0.770. The van der Waals surface area contributed by atoms with Crippen molar-refractivity contribution < 1.29 is 0 Å². The molecule has 0 unspecified atom stereocenters. The summed E-state index contributed by atoms with van der Waals surface area (Å²) in [5.41, 5.74) is 1.01. The van der Waals surface area contributed by atoms with E-state index in [0.29, 0.717) is 0 Å². The molecule has 0 aromatic heterocycles. The van der Waals surface area contributed by atoms with Gasteiger partial charge in [0.05, 0.1) is 12.0 Å². The van der Waals surface area contributed by atoms with Crippen LogP contribution in [-0.4, -0.2) is 0 Å². The fourth-order valence-electron chi connectivity index (χ4n) is 0.989. The van der Waals surface area contributed by atoms with E-state index in [0.717, 1.165) is 14.5 Å². The Balaban J connectivity index is 3.23. The van der Waals surface area contributed by atoms with Crippen LogP contribution < -0.4 is 0 Å². The van der Waals surface area contributed by atoms with Crippen molar-refractivity contribution in [2.75, 3.05) is 0 Å². The summed E-state index contributed by atoms with van der Waals surface area (Å²) in [6.07, 6.45) is 0. The lowest BCUT2D eigenvalue weighted by atomic mass is 10.0. The van der Waals surface area contributed by atoms with E-state index >= 15 is 0 Å². The molecule has 0 fully saturated rings. The average molecular weight is 289 g/mol. The zero-order chi connectivity index (χ0) is 9.14. The third kappa shape index (κ3) is 1.88. The third-order valence-corrected chi connectivity index (χ3v) is 3.01. The van der Waals surface area contributed by atoms with Crippen molar-refractivity contribution in [3.8, 4) is 6.07 Å². The molecule has 0 spiro atoms. The van der Waals surface area contributed by atoms with Gasteiger partial charge in [0.1, 0.15) is 0 Å². The summed E-state index contributed by atoms with van der Waals surface area (Å²) < 4.78 is 1.96. The number of nitrogens with zero attached hydrogens (tertiary/aromatic N) is 1. The molecule has 1 nitrogen and oxygen atoms in total. The fraction of sp³-hybridized carbons (Fsp3) is 0.222. The van der Waals surface area contributed by atoms with Crippen molar-refractivity contribution in [1.82, 2.24) is 0 Å². The molecule has 0 amide bonds. The maximum absolute atomic E-state index is 8.75. The first-order chi connectivity index (χ1) is 5.66. The molecule has 1 aromatic rings. The van der Waals surface area contributed by atoms with Crippen LogP contribution in [-0.2, 0) is 0 Å². The molecule has 0 aliphatic rings. The van der Waals surface area contributed by atoms with Crippen LogP contribution in [0.1, 0.15) is 18.4 Å². The molecule has 0 heterocycles. The second kappa shape index (κ2) is 4.06. The molecule has 1 atom stereocenters. The van der Waals surface area contributed by atoms with Crippen LogP contribution in [0.15, 0.2) is 27.1 Å². The molecule has 0 bridgehead atoms. The summed E-state index contributed by atoms with van der Waals surface area (Å²) in [4.78, 5) is 0. The molecule has 3 heteroatoms. The van der Waals surface area contributed by atoms with Gasteiger partial charge in [-0.25, -0.2) is 0 Å². The monoisotopic (exact) mass is 287 g/mol. The highest BCUT2D eigenvalue weighted by Crippen LogP contribution is 2.31. The second-order valence-corrected chi connectivity index (χ2v) is 4.19. The molecular formula is C9H7Br2N. The Bertz CT molecular complexity index is 308. The highest BCUT2D eigenvalue weighted by molar-refractivity contribution is 9.11. The second-order valence-electron chi connectivity index (χ2n) is 2.49. The number of halogens is 2. The maximum atomic E-state index is 8.75. The van der Waals surface area contributed by atoms with E-state index in [9.17, 15) is 0 Å². The zero-order valence-corrected chi connectivity index (χ0v) is 9.68. The number of rotatable bonds is 1. The summed E-state index contributed by atoms with van der Waals surface area (Å²) in [7, 11) is 0. The van der Waals surface area contributed by atoms with E-state index in [1.165, 1.54) is 0 Å². The minimum Gasteiger partial charge on any atom is -0.198 e. The fourth-order valence-corrected chi connectivity index (χ4v) is 2.67. The topological polar surface area (TPSA) is 23.8 Å². The van der Waals surface area contributed by atoms with E-state index in [4.69, 9.17) is 5.26 Å². The highest BCUT2D eigenvalue weighted by Gasteiger charge is 2.11. The van der Waals surface area contributed by atoms with Gasteiger partial charge in [-0.2, -0.15) is 5.26 Å². The predicted molar refractivity (Wildman–Crippen MR) is 55.9 cm³/mol. The van der Waals surface area contributed by atoms with Crippen molar-refractivity contribution in [1.29, 1.82) is 5.26 Å². The minimum absolute atomic E-state index is 0.0880. The smallest absolute Gasteiger partial charge is 0.0706 e. The molecule has 62 valence electrons. The van der Waals surface area contributed by atoms with Crippen molar-refractivity contribution in [2.24, 2.45) is 0 Å². The van der Waals surface area contributed by atoms with E-state index in [2.05, 4.69) is 37.9 Å². The summed E-state index contributed by atoms with van der Waals surface area (Å²) in [5, 5.41) is 8.75. The van der Waals surface area contributed by atoms with Gasteiger partial charge in [0, 0.05) is 8.95 Å². The van der Waals surface area contributed by atoms with Gasteiger partial charge in [0.2, 0.25) is 0 Å². The van der Waals surface area contributed by atoms with Crippen LogP contribution in [0.5, 0.6) is 0 Å². The van der Waals surface area contributed by atoms with Crippen molar-refractivity contribution in [2.45, 2.75) is 12.8 Å².